The first-order valence-electron chi connectivity index (χ1n) is 4.69. The average Bonchev–Trinajstić information content (AvgIpc) is 2.16. The fraction of sp³-hybridized carbons (Fsp3) is 0.455. The molecule has 0 unspecified atom stereocenters. The molecule has 1 N–H and O–H groups in total. The molecule has 1 aromatic carbocycles. The fourth-order valence-corrected chi connectivity index (χ4v) is 1.92. The van der Waals surface area contributed by atoms with E-state index in [1.165, 1.54) is 0 Å². The molecule has 1 rings (SSSR count). The van der Waals surface area contributed by atoms with Crippen molar-refractivity contribution in [3.05, 3.63) is 33.8 Å². The predicted octanol–water partition coefficient (Wildman–Crippen LogP) is 4.07. The van der Waals surface area contributed by atoms with Crippen LogP contribution in [0.3, 0.4) is 0 Å². The molecule has 0 radical (unpaired) electrons. The molecule has 0 saturated carbocycles. The summed E-state index contributed by atoms with van der Waals surface area (Å²) in [4.78, 5) is 0. The third-order valence-corrected chi connectivity index (χ3v) is 3.14. The number of benzene rings is 1. The van der Waals surface area contributed by atoms with Gasteiger partial charge in [0.1, 0.15) is 0 Å². The monoisotopic (exact) mass is 232 g/mol. The molecule has 0 bridgehead atoms. The van der Waals surface area contributed by atoms with Gasteiger partial charge >= 0.3 is 0 Å². The molecule has 1 aromatic rings. The zero-order valence-electron chi connectivity index (χ0n) is 8.30. The highest BCUT2D eigenvalue weighted by Gasteiger charge is 2.19. The smallest absolute Gasteiger partial charge is 0.0844 e. The summed E-state index contributed by atoms with van der Waals surface area (Å²) in [5.74, 6) is 0.160. The van der Waals surface area contributed by atoms with Crippen LogP contribution in [-0.4, -0.2) is 5.11 Å². The summed E-state index contributed by atoms with van der Waals surface area (Å²) in [6.45, 7) is 4.00. The first-order valence-corrected chi connectivity index (χ1v) is 5.45. The lowest BCUT2D eigenvalue weighted by Gasteiger charge is -2.19. The zero-order valence-corrected chi connectivity index (χ0v) is 9.81. The molecule has 0 aliphatic carbocycles. The van der Waals surface area contributed by atoms with Gasteiger partial charge in [-0.05, 0) is 18.1 Å². The van der Waals surface area contributed by atoms with Crippen LogP contribution in [0.4, 0.5) is 0 Å². The van der Waals surface area contributed by atoms with Gasteiger partial charge in [0.25, 0.3) is 0 Å². The van der Waals surface area contributed by atoms with Crippen LogP contribution in [-0.2, 0) is 0 Å². The normalized spacial score (nSPS) is 15.2. The maximum atomic E-state index is 9.98. The van der Waals surface area contributed by atoms with E-state index in [-0.39, 0.29) is 5.92 Å². The summed E-state index contributed by atoms with van der Waals surface area (Å²) in [5.41, 5.74) is 0.644. The van der Waals surface area contributed by atoms with Crippen molar-refractivity contribution >= 4 is 23.2 Å². The Labute approximate surface area is 94.7 Å². The second kappa shape index (κ2) is 5.01. The molecule has 0 fully saturated rings. The van der Waals surface area contributed by atoms with Crippen molar-refractivity contribution in [2.24, 2.45) is 5.92 Å². The third kappa shape index (κ3) is 2.41. The van der Waals surface area contributed by atoms with Crippen LogP contribution >= 0.6 is 23.2 Å². The van der Waals surface area contributed by atoms with Gasteiger partial charge in [0.2, 0.25) is 0 Å². The van der Waals surface area contributed by atoms with Gasteiger partial charge in [0.15, 0.2) is 0 Å². The molecule has 78 valence electrons. The predicted molar refractivity (Wildman–Crippen MR) is 60.9 cm³/mol. The van der Waals surface area contributed by atoms with Gasteiger partial charge in [-0.25, -0.2) is 0 Å². The summed E-state index contributed by atoms with van der Waals surface area (Å²) < 4.78 is 0. The van der Waals surface area contributed by atoms with Crippen molar-refractivity contribution < 1.29 is 5.11 Å². The highest BCUT2D eigenvalue weighted by atomic mass is 35.5. The Balaban J connectivity index is 3.05. The molecule has 2 atom stereocenters. The number of hydrogen-bond acceptors (Lipinski definition) is 1. The van der Waals surface area contributed by atoms with Crippen molar-refractivity contribution in [2.45, 2.75) is 26.4 Å². The van der Waals surface area contributed by atoms with E-state index in [2.05, 4.69) is 0 Å². The molecule has 0 amide bonds. The molecule has 1 nitrogen and oxygen atoms in total. The molecule has 0 aliphatic rings. The van der Waals surface area contributed by atoms with E-state index in [1.54, 1.807) is 18.2 Å². The number of hydrogen-bond donors (Lipinski definition) is 1. The van der Waals surface area contributed by atoms with Crippen molar-refractivity contribution in [3.8, 4) is 0 Å². The Morgan fingerprint density at radius 3 is 2.21 bits per heavy atom. The molecule has 0 aliphatic heterocycles. The summed E-state index contributed by atoms with van der Waals surface area (Å²) in [5, 5.41) is 11.0. The van der Waals surface area contributed by atoms with Crippen LogP contribution in [0.1, 0.15) is 31.9 Å². The SMILES string of the molecule is CC[C@@H](C)[C@H](O)c1c(Cl)cccc1Cl. The van der Waals surface area contributed by atoms with Gasteiger partial charge in [0, 0.05) is 15.6 Å². The van der Waals surface area contributed by atoms with E-state index >= 15 is 0 Å². The summed E-state index contributed by atoms with van der Waals surface area (Å²) in [7, 11) is 0. The third-order valence-electron chi connectivity index (χ3n) is 2.48. The summed E-state index contributed by atoms with van der Waals surface area (Å²) in [6.07, 6.45) is 0.309. The molecule has 0 aromatic heterocycles. The van der Waals surface area contributed by atoms with E-state index in [1.807, 2.05) is 13.8 Å². The minimum Gasteiger partial charge on any atom is -0.388 e. The van der Waals surface area contributed by atoms with Gasteiger partial charge in [0.05, 0.1) is 6.10 Å². The zero-order chi connectivity index (χ0) is 10.7. The first kappa shape index (κ1) is 11.8. The minimum absolute atomic E-state index is 0.160. The van der Waals surface area contributed by atoms with Crippen molar-refractivity contribution in [2.75, 3.05) is 0 Å². The highest BCUT2D eigenvalue weighted by molar-refractivity contribution is 6.36. The number of aliphatic hydroxyl groups excluding tert-OH is 1. The molecule has 14 heavy (non-hydrogen) atoms. The molecule has 0 saturated heterocycles. The minimum atomic E-state index is -0.582. The van der Waals surface area contributed by atoms with Crippen LogP contribution in [0, 0.1) is 5.92 Å². The number of aliphatic hydroxyl groups is 1. The van der Waals surface area contributed by atoms with Crippen LogP contribution in [0.5, 0.6) is 0 Å². The molecule has 3 heteroatoms. The first-order chi connectivity index (χ1) is 6.57. The number of rotatable bonds is 3. The lowest BCUT2D eigenvalue weighted by atomic mass is 9.95. The van der Waals surface area contributed by atoms with E-state index in [9.17, 15) is 5.11 Å². The maximum absolute atomic E-state index is 9.98. The van der Waals surface area contributed by atoms with Crippen LogP contribution < -0.4 is 0 Å². The lowest BCUT2D eigenvalue weighted by Crippen LogP contribution is -2.09. The highest BCUT2D eigenvalue weighted by Crippen LogP contribution is 2.34. The van der Waals surface area contributed by atoms with Crippen LogP contribution in [0.15, 0.2) is 18.2 Å². The van der Waals surface area contributed by atoms with Crippen molar-refractivity contribution in [1.29, 1.82) is 0 Å². The Kier molecular flexibility index (Phi) is 4.24. The summed E-state index contributed by atoms with van der Waals surface area (Å²) in [6, 6.07) is 5.26. The van der Waals surface area contributed by atoms with Gasteiger partial charge in [-0.1, -0.05) is 49.5 Å². The van der Waals surface area contributed by atoms with E-state index < -0.39 is 6.10 Å². The summed E-state index contributed by atoms with van der Waals surface area (Å²) >= 11 is 12.0. The standard InChI is InChI=1S/C11H14Cl2O/c1-3-7(2)11(14)10-8(12)5-4-6-9(10)13/h4-7,11,14H,3H2,1-2H3/t7-,11+/m1/s1. The van der Waals surface area contributed by atoms with Gasteiger partial charge < -0.3 is 5.11 Å². The van der Waals surface area contributed by atoms with E-state index in [4.69, 9.17) is 23.2 Å². The Bertz CT molecular complexity index is 292. The molecular weight excluding hydrogens is 219 g/mol. The average molecular weight is 233 g/mol. The second-order valence-electron chi connectivity index (χ2n) is 3.47. The van der Waals surface area contributed by atoms with Gasteiger partial charge in [-0.2, -0.15) is 0 Å². The lowest BCUT2D eigenvalue weighted by molar-refractivity contribution is 0.116. The van der Waals surface area contributed by atoms with E-state index in [0.29, 0.717) is 15.6 Å². The Morgan fingerprint density at radius 2 is 1.79 bits per heavy atom. The Morgan fingerprint density at radius 1 is 1.29 bits per heavy atom. The quantitative estimate of drug-likeness (QED) is 0.834. The van der Waals surface area contributed by atoms with Crippen LogP contribution in [0.2, 0.25) is 10.0 Å². The van der Waals surface area contributed by atoms with E-state index in [0.717, 1.165) is 6.42 Å². The molecule has 0 spiro atoms. The largest absolute Gasteiger partial charge is 0.388 e. The van der Waals surface area contributed by atoms with Crippen molar-refractivity contribution in [3.63, 3.8) is 0 Å². The number of halogens is 2. The maximum Gasteiger partial charge on any atom is 0.0844 e. The van der Waals surface area contributed by atoms with Crippen LogP contribution in [0.25, 0.3) is 0 Å². The molecule has 0 heterocycles. The second-order valence-corrected chi connectivity index (χ2v) is 4.28. The van der Waals surface area contributed by atoms with Gasteiger partial charge in [-0.3, -0.25) is 0 Å². The Hall–Kier alpha value is -0.240. The topological polar surface area (TPSA) is 20.2 Å². The molecular formula is C11H14Cl2O. The van der Waals surface area contributed by atoms with Crippen molar-refractivity contribution in [1.82, 2.24) is 0 Å². The fourth-order valence-electron chi connectivity index (χ4n) is 1.30. The van der Waals surface area contributed by atoms with Gasteiger partial charge in [-0.15, -0.1) is 0 Å².